The predicted octanol–water partition coefficient (Wildman–Crippen LogP) is 3.23. The zero-order valence-electron chi connectivity index (χ0n) is 19.4. The van der Waals surface area contributed by atoms with Gasteiger partial charge in [0, 0.05) is 24.2 Å². The van der Waals surface area contributed by atoms with Gasteiger partial charge in [-0.15, -0.1) is 0 Å². The maximum absolute atomic E-state index is 13.1. The molecule has 2 heterocycles. The summed E-state index contributed by atoms with van der Waals surface area (Å²) in [7, 11) is 0. The van der Waals surface area contributed by atoms with Gasteiger partial charge in [-0.2, -0.15) is 0 Å². The van der Waals surface area contributed by atoms with Crippen LogP contribution in [0.15, 0.2) is 42.5 Å². The van der Waals surface area contributed by atoms with Gasteiger partial charge in [0.25, 0.3) is 11.8 Å². The molecule has 0 spiro atoms. The number of ketones is 1. The molecule has 4 rings (SSSR count). The van der Waals surface area contributed by atoms with Crippen LogP contribution in [-0.2, 0) is 20.9 Å². The zero-order chi connectivity index (χ0) is 24.2. The second kappa shape index (κ2) is 10.1. The molecule has 34 heavy (non-hydrogen) atoms. The van der Waals surface area contributed by atoms with E-state index in [1.807, 2.05) is 6.07 Å². The number of amides is 2. The molecule has 0 radical (unpaired) electrons. The molecule has 2 amide bonds. The number of piperidine rings is 1. The lowest BCUT2D eigenvalue weighted by Gasteiger charge is -2.31. The van der Waals surface area contributed by atoms with Crippen molar-refractivity contribution in [1.29, 1.82) is 0 Å². The first kappa shape index (κ1) is 23.5. The number of rotatable bonds is 6. The van der Waals surface area contributed by atoms with Crippen LogP contribution in [0.5, 0.6) is 5.75 Å². The molecule has 2 aliphatic heterocycles. The highest BCUT2D eigenvalue weighted by Gasteiger charge is 2.29. The summed E-state index contributed by atoms with van der Waals surface area (Å²) in [4.78, 5) is 52.9. The number of hydrogen-bond donors (Lipinski definition) is 0. The lowest BCUT2D eigenvalue weighted by molar-refractivity contribution is -0.149. The monoisotopic (exact) mass is 464 g/mol. The lowest BCUT2D eigenvalue weighted by Crippen LogP contribution is -2.40. The van der Waals surface area contributed by atoms with Crippen LogP contribution < -0.4 is 9.64 Å². The third-order valence-electron chi connectivity index (χ3n) is 6.23. The molecule has 0 unspecified atom stereocenters. The summed E-state index contributed by atoms with van der Waals surface area (Å²) < 4.78 is 10.6. The Morgan fingerprint density at radius 2 is 1.82 bits per heavy atom. The number of esters is 1. The van der Waals surface area contributed by atoms with Crippen molar-refractivity contribution < 1.29 is 28.7 Å². The van der Waals surface area contributed by atoms with Crippen molar-refractivity contribution in [3.63, 3.8) is 0 Å². The van der Waals surface area contributed by atoms with Crippen molar-refractivity contribution in [2.75, 3.05) is 31.2 Å². The molecule has 178 valence electrons. The minimum Gasteiger partial charge on any atom is -0.482 e. The summed E-state index contributed by atoms with van der Waals surface area (Å²) in [5.74, 6) is -0.230. The molecule has 8 nitrogen and oxygen atoms in total. The Balaban J connectivity index is 1.48. The largest absolute Gasteiger partial charge is 0.482 e. The topological polar surface area (TPSA) is 93.2 Å². The van der Waals surface area contributed by atoms with Crippen molar-refractivity contribution in [3.05, 3.63) is 59.2 Å². The molecule has 0 saturated carbocycles. The molecule has 1 saturated heterocycles. The molecular formula is C26H28N2O6. The van der Waals surface area contributed by atoms with Crippen molar-refractivity contribution in [2.24, 2.45) is 5.92 Å². The normalized spacial score (nSPS) is 16.0. The van der Waals surface area contributed by atoms with E-state index in [0.29, 0.717) is 55.1 Å². The van der Waals surface area contributed by atoms with Crippen molar-refractivity contribution >= 4 is 29.3 Å². The first-order valence-electron chi connectivity index (χ1n) is 11.5. The Labute approximate surface area is 198 Å². The van der Waals surface area contributed by atoms with Crippen LogP contribution in [0.2, 0.25) is 0 Å². The Morgan fingerprint density at radius 1 is 1.06 bits per heavy atom. The second-order valence-electron chi connectivity index (χ2n) is 8.53. The highest BCUT2D eigenvalue weighted by Crippen LogP contribution is 2.34. The van der Waals surface area contributed by atoms with Crippen LogP contribution in [0.1, 0.15) is 53.0 Å². The first-order valence-corrected chi connectivity index (χ1v) is 11.5. The van der Waals surface area contributed by atoms with Gasteiger partial charge in [0.1, 0.15) is 5.75 Å². The maximum Gasteiger partial charge on any atom is 0.309 e. The van der Waals surface area contributed by atoms with E-state index in [1.54, 1.807) is 53.1 Å². The van der Waals surface area contributed by atoms with Gasteiger partial charge in [0.05, 0.1) is 24.8 Å². The van der Waals surface area contributed by atoms with E-state index < -0.39 is 0 Å². The summed E-state index contributed by atoms with van der Waals surface area (Å²) in [6.45, 7) is 4.78. The van der Waals surface area contributed by atoms with Gasteiger partial charge in [0.15, 0.2) is 12.4 Å². The average molecular weight is 465 g/mol. The highest BCUT2D eigenvalue weighted by molar-refractivity contribution is 6.01. The molecule has 2 aliphatic rings. The molecule has 2 aromatic rings. The predicted molar refractivity (Wildman–Crippen MR) is 125 cm³/mol. The molecule has 1 fully saturated rings. The molecule has 0 aromatic heterocycles. The molecule has 2 aromatic carbocycles. The van der Waals surface area contributed by atoms with E-state index >= 15 is 0 Å². The SMILES string of the molecule is CCOC(=O)C1CCN(C(=O)c2cccc(CN3C(=O)COc4ccc(C(C)=O)cc43)c2)CC1. The summed E-state index contributed by atoms with van der Waals surface area (Å²) in [5, 5.41) is 0. The van der Waals surface area contributed by atoms with Gasteiger partial charge in [-0.1, -0.05) is 12.1 Å². The van der Waals surface area contributed by atoms with E-state index in [1.165, 1.54) is 6.92 Å². The fourth-order valence-electron chi connectivity index (χ4n) is 4.34. The van der Waals surface area contributed by atoms with Gasteiger partial charge >= 0.3 is 5.97 Å². The van der Waals surface area contributed by atoms with Crippen molar-refractivity contribution in [3.8, 4) is 5.75 Å². The van der Waals surface area contributed by atoms with E-state index in [0.717, 1.165) is 5.56 Å². The molecule has 0 atom stereocenters. The maximum atomic E-state index is 13.1. The summed E-state index contributed by atoms with van der Waals surface area (Å²) in [5.41, 5.74) is 2.37. The number of nitrogens with zero attached hydrogens (tertiary/aromatic N) is 2. The Kier molecular flexibility index (Phi) is 6.95. The Morgan fingerprint density at radius 3 is 2.53 bits per heavy atom. The molecular weight excluding hydrogens is 436 g/mol. The Hall–Kier alpha value is -3.68. The minimum absolute atomic E-state index is 0.0829. The smallest absolute Gasteiger partial charge is 0.309 e. The number of Topliss-reactive ketones (excluding diaryl/α,β-unsaturated/α-hetero) is 1. The fraction of sp³-hybridized carbons (Fsp3) is 0.385. The molecule has 0 bridgehead atoms. The van der Waals surface area contributed by atoms with E-state index in [-0.39, 0.29) is 42.6 Å². The Bertz CT molecular complexity index is 1120. The number of carbonyl (C=O) groups excluding carboxylic acids is 4. The highest BCUT2D eigenvalue weighted by atomic mass is 16.5. The van der Waals surface area contributed by atoms with Gasteiger partial charge in [-0.3, -0.25) is 19.2 Å². The van der Waals surface area contributed by atoms with Crippen LogP contribution in [0.4, 0.5) is 5.69 Å². The van der Waals surface area contributed by atoms with Crippen LogP contribution >= 0.6 is 0 Å². The number of anilines is 1. The summed E-state index contributed by atoms with van der Waals surface area (Å²) in [6, 6.07) is 12.2. The fourth-order valence-corrected chi connectivity index (χ4v) is 4.34. The molecule has 0 N–H and O–H groups in total. The number of hydrogen-bond acceptors (Lipinski definition) is 6. The molecule has 0 aliphatic carbocycles. The van der Waals surface area contributed by atoms with Crippen LogP contribution in [0, 0.1) is 5.92 Å². The van der Waals surface area contributed by atoms with Crippen LogP contribution in [0.3, 0.4) is 0 Å². The van der Waals surface area contributed by atoms with Crippen molar-refractivity contribution in [1.82, 2.24) is 4.90 Å². The number of carbonyl (C=O) groups is 4. The third-order valence-corrected chi connectivity index (χ3v) is 6.23. The summed E-state index contributed by atoms with van der Waals surface area (Å²) in [6.07, 6.45) is 1.17. The number of fused-ring (bicyclic) bond motifs is 1. The van der Waals surface area contributed by atoms with Crippen molar-refractivity contribution in [2.45, 2.75) is 33.2 Å². The first-order chi connectivity index (χ1) is 16.4. The standard InChI is InChI=1S/C26H28N2O6/c1-3-33-26(32)19-9-11-27(12-10-19)25(31)21-6-4-5-18(13-21)15-28-22-14-20(17(2)29)7-8-23(22)34-16-24(28)30/h4-8,13-14,19H,3,9-12,15-16H2,1-2H3. The van der Waals surface area contributed by atoms with E-state index in [9.17, 15) is 19.2 Å². The van der Waals surface area contributed by atoms with E-state index in [4.69, 9.17) is 9.47 Å². The lowest BCUT2D eigenvalue weighted by atomic mass is 9.96. The van der Waals surface area contributed by atoms with E-state index in [2.05, 4.69) is 0 Å². The number of ether oxygens (including phenoxy) is 2. The zero-order valence-corrected chi connectivity index (χ0v) is 19.4. The summed E-state index contributed by atoms with van der Waals surface area (Å²) >= 11 is 0. The second-order valence-corrected chi connectivity index (χ2v) is 8.53. The number of likely N-dealkylation sites (tertiary alicyclic amines) is 1. The average Bonchev–Trinajstić information content (AvgIpc) is 2.85. The van der Waals surface area contributed by atoms with Gasteiger partial charge in [-0.05, 0) is 62.6 Å². The van der Waals surface area contributed by atoms with Crippen LogP contribution in [-0.4, -0.2) is 54.8 Å². The number of benzene rings is 2. The third kappa shape index (κ3) is 4.95. The van der Waals surface area contributed by atoms with Gasteiger partial charge in [0.2, 0.25) is 0 Å². The molecule has 8 heteroatoms. The van der Waals surface area contributed by atoms with Gasteiger partial charge < -0.3 is 19.3 Å². The quantitative estimate of drug-likeness (QED) is 0.481. The van der Waals surface area contributed by atoms with Gasteiger partial charge in [-0.25, -0.2) is 0 Å². The van der Waals surface area contributed by atoms with Crippen LogP contribution in [0.25, 0.3) is 0 Å². The minimum atomic E-state index is -0.217.